The van der Waals surface area contributed by atoms with Crippen molar-refractivity contribution < 1.29 is 9.53 Å². The van der Waals surface area contributed by atoms with Crippen molar-refractivity contribution in [3.8, 4) is 5.75 Å². The second-order valence-electron chi connectivity index (χ2n) is 5.87. The molecule has 29 heavy (non-hydrogen) atoms. The van der Waals surface area contributed by atoms with Gasteiger partial charge < -0.3 is 4.74 Å². The van der Waals surface area contributed by atoms with Crippen molar-refractivity contribution in [1.82, 2.24) is 5.43 Å². The van der Waals surface area contributed by atoms with E-state index in [-0.39, 0.29) is 5.91 Å². The number of benzene rings is 3. The predicted molar refractivity (Wildman–Crippen MR) is 127 cm³/mol. The first-order valence-corrected chi connectivity index (χ1v) is 11.1. The molecule has 3 aromatic rings. The topological polar surface area (TPSA) is 50.7 Å². The highest BCUT2D eigenvalue weighted by Gasteiger charge is 2.11. The van der Waals surface area contributed by atoms with Crippen molar-refractivity contribution >= 4 is 71.5 Å². The van der Waals surface area contributed by atoms with Crippen LogP contribution in [0.15, 0.2) is 79.2 Å². The van der Waals surface area contributed by atoms with E-state index in [0.717, 1.165) is 20.1 Å². The molecule has 0 saturated heterocycles. The van der Waals surface area contributed by atoms with E-state index in [1.165, 1.54) is 0 Å². The summed E-state index contributed by atoms with van der Waals surface area (Å²) in [6.45, 7) is 0.340. The summed E-state index contributed by atoms with van der Waals surface area (Å²) in [7, 11) is 0. The number of amides is 1. The number of hydrogen-bond donors (Lipinski definition) is 1. The number of hydrogen-bond acceptors (Lipinski definition) is 3. The summed E-state index contributed by atoms with van der Waals surface area (Å²) in [5.41, 5.74) is 4.70. The van der Waals surface area contributed by atoms with E-state index in [9.17, 15) is 4.79 Å². The zero-order chi connectivity index (χ0) is 20.8. The summed E-state index contributed by atoms with van der Waals surface area (Å²) in [6, 6.07) is 18.4. The van der Waals surface area contributed by atoms with E-state index in [0.29, 0.717) is 27.4 Å². The lowest BCUT2D eigenvalue weighted by Crippen LogP contribution is -2.18. The lowest BCUT2D eigenvalue weighted by Gasteiger charge is -2.12. The fourth-order valence-electron chi connectivity index (χ4n) is 2.43. The van der Waals surface area contributed by atoms with Gasteiger partial charge in [0.1, 0.15) is 12.4 Å². The van der Waals surface area contributed by atoms with Crippen molar-refractivity contribution in [3.05, 3.63) is 95.8 Å². The molecule has 0 heterocycles. The molecule has 0 unspecified atom stereocenters. The Labute approximate surface area is 198 Å². The largest absolute Gasteiger partial charge is 0.486 e. The number of nitrogens with one attached hydrogen (secondary N) is 1. The summed E-state index contributed by atoms with van der Waals surface area (Å²) < 4.78 is 8.11. The maximum Gasteiger partial charge on any atom is 0.272 e. The van der Waals surface area contributed by atoms with Crippen LogP contribution in [0.3, 0.4) is 0 Å². The molecule has 1 N–H and O–H groups in total. The molecule has 3 aromatic carbocycles. The van der Waals surface area contributed by atoms with Crippen LogP contribution in [-0.4, -0.2) is 12.1 Å². The molecular weight excluding hydrogens is 587 g/mol. The fourth-order valence-corrected chi connectivity index (χ4v) is 4.53. The van der Waals surface area contributed by atoms with E-state index in [1.54, 1.807) is 24.4 Å². The third-order valence-corrected chi connectivity index (χ3v) is 6.09. The molecule has 0 aliphatic heterocycles. The van der Waals surface area contributed by atoms with Crippen LogP contribution in [0.5, 0.6) is 5.75 Å². The van der Waals surface area contributed by atoms with E-state index in [1.807, 2.05) is 42.5 Å². The van der Waals surface area contributed by atoms with Gasteiger partial charge in [0.15, 0.2) is 0 Å². The standard InChI is InChI=1S/C21H14Br3ClN2O2/c22-16-7-3-2-6-15(16)21(28)27-26-11-13-9-17(23)20(18(24)10-13)29-12-14-5-1-4-8-19(14)25/h1-11H,12H2,(H,27,28)/b26-11-. The van der Waals surface area contributed by atoms with Gasteiger partial charge in [0.05, 0.1) is 20.7 Å². The molecule has 0 spiro atoms. The Balaban J connectivity index is 1.67. The van der Waals surface area contributed by atoms with Gasteiger partial charge in [-0.05, 0) is 83.7 Å². The number of nitrogens with zero attached hydrogens (tertiary/aromatic N) is 1. The van der Waals surface area contributed by atoms with Crippen molar-refractivity contribution in [2.24, 2.45) is 5.10 Å². The first-order chi connectivity index (χ1) is 14.0. The quantitative estimate of drug-likeness (QED) is 0.245. The minimum absolute atomic E-state index is 0.299. The molecule has 0 aromatic heterocycles. The van der Waals surface area contributed by atoms with Crippen molar-refractivity contribution in [2.75, 3.05) is 0 Å². The molecule has 0 radical (unpaired) electrons. The number of halogens is 4. The average molecular weight is 602 g/mol. The molecular formula is C21H14Br3ClN2O2. The van der Waals surface area contributed by atoms with Crippen LogP contribution in [-0.2, 0) is 6.61 Å². The number of carbonyl (C=O) groups is 1. The van der Waals surface area contributed by atoms with Gasteiger partial charge in [-0.15, -0.1) is 0 Å². The monoisotopic (exact) mass is 598 g/mol. The van der Waals surface area contributed by atoms with Crippen LogP contribution in [0.4, 0.5) is 0 Å². The van der Waals surface area contributed by atoms with Gasteiger partial charge >= 0.3 is 0 Å². The fraction of sp³-hybridized carbons (Fsp3) is 0.0476. The number of carbonyl (C=O) groups excluding carboxylic acids is 1. The molecule has 0 saturated carbocycles. The van der Waals surface area contributed by atoms with Gasteiger partial charge in [0.25, 0.3) is 5.91 Å². The Hall–Kier alpha value is -1.67. The van der Waals surface area contributed by atoms with E-state index in [2.05, 4.69) is 58.3 Å². The molecule has 8 heteroatoms. The molecule has 1 amide bonds. The molecule has 3 rings (SSSR count). The minimum atomic E-state index is -0.299. The van der Waals surface area contributed by atoms with Crippen LogP contribution >= 0.6 is 59.4 Å². The maximum atomic E-state index is 12.2. The van der Waals surface area contributed by atoms with Crippen molar-refractivity contribution in [1.29, 1.82) is 0 Å². The number of ether oxygens (including phenoxy) is 1. The van der Waals surface area contributed by atoms with Crippen LogP contribution in [0.25, 0.3) is 0 Å². The Morgan fingerprint density at radius 3 is 2.34 bits per heavy atom. The first-order valence-electron chi connectivity index (χ1n) is 8.39. The highest BCUT2D eigenvalue weighted by Crippen LogP contribution is 2.35. The maximum absolute atomic E-state index is 12.2. The second kappa shape index (κ2) is 10.4. The normalized spacial score (nSPS) is 10.9. The second-order valence-corrected chi connectivity index (χ2v) is 8.84. The molecule has 0 fully saturated rings. The first kappa shape index (κ1) is 22.0. The van der Waals surface area contributed by atoms with Gasteiger partial charge in [0.2, 0.25) is 0 Å². The predicted octanol–water partition coefficient (Wildman–Crippen LogP) is 6.97. The Bertz CT molecular complexity index is 1050. The average Bonchev–Trinajstić information content (AvgIpc) is 2.69. The number of hydrazone groups is 1. The Morgan fingerprint density at radius 2 is 1.66 bits per heavy atom. The molecule has 0 aliphatic carbocycles. The molecule has 0 bridgehead atoms. The summed E-state index contributed by atoms with van der Waals surface area (Å²) in [5, 5.41) is 4.69. The van der Waals surface area contributed by atoms with Gasteiger partial charge in [-0.3, -0.25) is 4.79 Å². The van der Waals surface area contributed by atoms with Gasteiger partial charge in [0, 0.05) is 15.1 Å². The smallest absolute Gasteiger partial charge is 0.272 e. The SMILES string of the molecule is O=C(N/N=C\c1cc(Br)c(OCc2ccccc2Cl)c(Br)c1)c1ccccc1Br. The van der Waals surface area contributed by atoms with Crippen molar-refractivity contribution in [3.63, 3.8) is 0 Å². The van der Waals surface area contributed by atoms with E-state index < -0.39 is 0 Å². The highest BCUT2D eigenvalue weighted by molar-refractivity contribution is 9.11. The van der Waals surface area contributed by atoms with Crippen molar-refractivity contribution in [2.45, 2.75) is 6.61 Å². The lowest BCUT2D eigenvalue weighted by molar-refractivity contribution is 0.0954. The van der Waals surface area contributed by atoms with Gasteiger partial charge in [-0.2, -0.15) is 5.10 Å². The third-order valence-electron chi connectivity index (χ3n) is 3.85. The zero-order valence-electron chi connectivity index (χ0n) is 14.8. The summed E-state index contributed by atoms with van der Waals surface area (Å²) in [5.74, 6) is 0.353. The van der Waals surface area contributed by atoms with Gasteiger partial charge in [-0.25, -0.2) is 5.43 Å². The Kier molecular flexibility index (Phi) is 7.89. The van der Waals surface area contributed by atoms with Crippen LogP contribution in [0, 0.1) is 0 Å². The molecule has 0 aliphatic rings. The third kappa shape index (κ3) is 5.92. The van der Waals surface area contributed by atoms with E-state index in [4.69, 9.17) is 16.3 Å². The summed E-state index contributed by atoms with van der Waals surface area (Å²) in [6.07, 6.45) is 1.56. The zero-order valence-corrected chi connectivity index (χ0v) is 20.3. The van der Waals surface area contributed by atoms with Crippen LogP contribution < -0.4 is 10.2 Å². The number of rotatable bonds is 6. The van der Waals surface area contributed by atoms with Crippen LogP contribution in [0.2, 0.25) is 5.02 Å². The van der Waals surface area contributed by atoms with E-state index >= 15 is 0 Å². The van der Waals surface area contributed by atoms with Gasteiger partial charge in [-0.1, -0.05) is 41.9 Å². The highest BCUT2D eigenvalue weighted by atomic mass is 79.9. The lowest BCUT2D eigenvalue weighted by atomic mass is 10.2. The summed E-state index contributed by atoms with van der Waals surface area (Å²) >= 11 is 16.6. The Morgan fingerprint density at radius 1 is 1.00 bits per heavy atom. The molecule has 0 atom stereocenters. The van der Waals surface area contributed by atoms with Crippen LogP contribution in [0.1, 0.15) is 21.5 Å². The summed E-state index contributed by atoms with van der Waals surface area (Å²) in [4.78, 5) is 12.2. The minimum Gasteiger partial charge on any atom is -0.486 e. The molecule has 4 nitrogen and oxygen atoms in total. The molecule has 148 valence electrons.